The Balaban J connectivity index is 1.69. The Morgan fingerprint density at radius 3 is 2.67 bits per heavy atom. The summed E-state index contributed by atoms with van der Waals surface area (Å²) in [5, 5.41) is 0.993. The maximum atomic E-state index is 12.6. The molecule has 0 aliphatic carbocycles. The number of halogens is 1. The summed E-state index contributed by atoms with van der Waals surface area (Å²) in [5.41, 5.74) is 2.14. The molecular formula is C20H17ClN4O2. The highest BCUT2D eigenvalue weighted by Gasteiger charge is 2.21. The molecule has 3 heterocycles. The third-order valence-electron chi connectivity index (χ3n) is 4.70. The molecule has 0 unspecified atom stereocenters. The van der Waals surface area contributed by atoms with Gasteiger partial charge in [-0.3, -0.25) is 14.6 Å². The predicted molar refractivity (Wildman–Crippen MR) is 105 cm³/mol. The number of aromatic nitrogens is 3. The van der Waals surface area contributed by atoms with E-state index in [4.69, 9.17) is 11.6 Å². The molecule has 136 valence electrons. The SMILES string of the molecule is Cc1nc(=O)c2cc(Cl)ccc2n1C1=CCN(C(=O)c2ccncc2)CC1. The van der Waals surface area contributed by atoms with Gasteiger partial charge in [0.2, 0.25) is 0 Å². The summed E-state index contributed by atoms with van der Waals surface area (Å²) in [6.45, 7) is 2.90. The molecule has 0 radical (unpaired) electrons. The summed E-state index contributed by atoms with van der Waals surface area (Å²) in [4.78, 5) is 34.7. The van der Waals surface area contributed by atoms with Gasteiger partial charge in [-0.2, -0.15) is 4.98 Å². The summed E-state index contributed by atoms with van der Waals surface area (Å²) < 4.78 is 1.97. The van der Waals surface area contributed by atoms with E-state index in [2.05, 4.69) is 9.97 Å². The van der Waals surface area contributed by atoms with E-state index in [1.165, 1.54) is 0 Å². The lowest BCUT2D eigenvalue weighted by molar-refractivity contribution is 0.0772. The largest absolute Gasteiger partial charge is 0.334 e. The molecule has 4 rings (SSSR count). The Labute approximate surface area is 160 Å². The van der Waals surface area contributed by atoms with E-state index in [1.54, 1.807) is 41.6 Å². The van der Waals surface area contributed by atoms with E-state index in [1.807, 2.05) is 23.6 Å². The Morgan fingerprint density at radius 2 is 1.96 bits per heavy atom. The standard InChI is InChI=1S/C20H17ClN4O2/c1-13-23-19(26)17-12-15(21)2-3-18(17)25(13)16-6-10-24(11-7-16)20(27)14-4-8-22-9-5-14/h2-6,8-9,12H,7,10-11H2,1H3. The van der Waals surface area contributed by atoms with E-state index >= 15 is 0 Å². The minimum Gasteiger partial charge on any atom is -0.334 e. The Bertz CT molecular complexity index is 1120. The van der Waals surface area contributed by atoms with Gasteiger partial charge < -0.3 is 9.47 Å². The van der Waals surface area contributed by atoms with Crippen LogP contribution in [0.5, 0.6) is 0 Å². The first kappa shape index (κ1) is 17.4. The van der Waals surface area contributed by atoms with Crippen molar-refractivity contribution >= 4 is 34.1 Å². The maximum Gasteiger partial charge on any atom is 0.280 e. The van der Waals surface area contributed by atoms with Crippen LogP contribution in [-0.2, 0) is 0 Å². The number of pyridine rings is 1. The van der Waals surface area contributed by atoms with Crippen molar-refractivity contribution in [1.29, 1.82) is 0 Å². The highest BCUT2D eigenvalue weighted by molar-refractivity contribution is 6.31. The van der Waals surface area contributed by atoms with Crippen molar-refractivity contribution in [3.63, 3.8) is 0 Å². The number of hydrogen-bond acceptors (Lipinski definition) is 4. The van der Waals surface area contributed by atoms with Crippen molar-refractivity contribution in [3.8, 4) is 0 Å². The summed E-state index contributed by atoms with van der Waals surface area (Å²) in [5.74, 6) is 0.606. The quantitative estimate of drug-likeness (QED) is 0.685. The van der Waals surface area contributed by atoms with Crippen LogP contribution in [-0.4, -0.2) is 38.4 Å². The van der Waals surface area contributed by atoms with Gasteiger partial charge in [0.25, 0.3) is 11.5 Å². The number of hydrogen-bond donors (Lipinski definition) is 0. The van der Waals surface area contributed by atoms with Gasteiger partial charge >= 0.3 is 0 Å². The Hall–Kier alpha value is -2.99. The van der Waals surface area contributed by atoms with Gasteiger partial charge in [0, 0.05) is 48.2 Å². The smallest absolute Gasteiger partial charge is 0.280 e. The first-order valence-electron chi connectivity index (χ1n) is 8.62. The molecule has 7 heteroatoms. The topological polar surface area (TPSA) is 68.1 Å². The van der Waals surface area contributed by atoms with Crippen molar-refractivity contribution in [1.82, 2.24) is 19.4 Å². The van der Waals surface area contributed by atoms with Gasteiger partial charge in [0.15, 0.2) is 0 Å². The number of nitrogens with zero attached hydrogens (tertiary/aromatic N) is 4. The van der Waals surface area contributed by atoms with E-state index in [0.29, 0.717) is 41.3 Å². The average molecular weight is 381 g/mol. The van der Waals surface area contributed by atoms with Crippen LogP contribution in [0, 0.1) is 6.92 Å². The molecule has 0 spiro atoms. The lowest BCUT2D eigenvalue weighted by atomic mass is 10.1. The van der Waals surface area contributed by atoms with Crippen LogP contribution in [0.2, 0.25) is 5.02 Å². The highest BCUT2D eigenvalue weighted by atomic mass is 35.5. The van der Waals surface area contributed by atoms with Crippen LogP contribution in [0.15, 0.2) is 53.6 Å². The lowest BCUT2D eigenvalue weighted by Gasteiger charge is -2.28. The van der Waals surface area contributed by atoms with Crippen LogP contribution < -0.4 is 5.56 Å². The van der Waals surface area contributed by atoms with Gasteiger partial charge in [-0.15, -0.1) is 0 Å². The maximum absolute atomic E-state index is 12.6. The zero-order valence-corrected chi connectivity index (χ0v) is 15.5. The summed E-state index contributed by atoms with van der Waals surface area (Å²) >= 11 is 6.04. The molecule has 1 amide bonds. The Morgan fingerprint density at radius 1 is 1.19 bits per heavy atom. The van der Waals surface area contributed by atoms with E-state index in [-0.39, 0.29) is 11.5 Å². The molecule has 27 heavy (non-hydrogen) atoms. The fraction of sp³-hybridized carbons (Fsp3) is 0.200. The van der Waals surface area contributed by atoms with E-state index in [0.717, 1.165) is 11.2 Å². The number of fused-ring (bicyclic) bond motifs is 1. The minimum absolute atomic E-state index is 0.0147. The number of carbonyl (C=O) groups is 1. The monoisotopic (exact) mass is 380 g/mol. The third kappa shape index (κ3) is 3.24. The molecule has 1 aromatic carbocycles. The Kier molecular flexibility index (Phi) is 4.49. The second kappa shape index (κ2) is 6.96. The second-order valence-corrected chi connectivity index (χ2v) is 6.83. The van der Waals surface area contributed by atoms with Crippen molar-refractivity contribution < 1.29 is 4.79 Å². The normalized spacial score (nSPS) is 14.3. The zero-order chi connectivity index (χ0) is 19.0. The van der Waals surface area contributed by atoms with Gasteiger partial charge in [-0.25, -0.2) is 0 Å². The van der Waals surface area contributed by atoms with Crippen molar-refractivity contribution in [2.45, 2.75) is 13.3 Å². The molecule has 3 aromatic rings. The van der Waals surface area contributed by atoms with E-state index in [9.17, 15) is 9.59 Å². The molecule has 6 nitrogen and oxygen atoms in total. The minimum atomic E-state index is -0.285. The highest BCUT2D eigenvalue weighted by Crippen LogP contribution is 2.24. The van der Waals surface area contributed by atoms with Crippen molar-refractivity contribution in [3.05, 3.63) is 75.6 Å². The molecular weight excluding hydrogens is 364 g/mol. The molecule has 0 bridgehead atoms. The summed E-state index contributed by atoms with van der Waals surface area (Å²) in [7, 11) is 0. The van der Waals surface area contributed by atoms with Crippen LogP contribution in [0.1, 0.15) is 22.6 Å². The molecule has 0 fully saturated rings. The van der Waals surface area contributed by atoms with Crippen LogP contribution >= 0.6 is 11.6 Å². The molecule has 0 saturated carbocycles. The number of aryl methyl sites for hydroxylation is 1. The fourth-order valence-electron chi connectivity index (χ4n) is 3.39. The first-order valence-corrected chi connectivity index (χ1v) is 9.00. The third-order valence-corrected chi connectivity index (χ3v) is 4.94. The lowest BCUT2D eigenvalue weighted by Crippen LogP contribution is -2.35. The van der Waals surface area contributed by atoms with Gasteiger partial charge in [-0.1, -0.05) is 11.6 Å². The van der Waals surface area contributed by atoms with Crippen molar-refractivity contribution in [2.24, 2.45) is 0 Å². The van der Waals surface area contributed by atoms with Gasteiger partial charge in [0.1, 0.15) is 5.82 Å². The van der Waals surface area contributed by atoms with Gasteiger partial charge in [0.05, 0.1) is 10.9 Å². The number of amides is 1. The van der Waals surface area contributed by atoms with Crippen LogP contribution in [0.3, 0.4) is 0 Å². The molecule has 1 aliphatic rings. The number of rotatable bonds is 2. The van der Waals surface area contributed by atoms with Crippen LogP contribution in [0.4, 0.5) is 0 Å². The molecule has 1 aliphatic heterocycles. The average Bonchev–Trinajstić information content (AvgIpc) is 2.69. The molecule has 0 atom stereocenters. The molecule has 2 aromatic heterocycles. The fourth-order valence-corrected chi connectivity index (χ4v) is 3.56. The molecule has 0 saturated heterocycles. The van der Waals surface area contributed by atoms with Crippen molar-refractivity contribution in [2.75, 3.05) is 13.1 Å². The second-order valence-electron chi connectivity index (χ2n) is 6.39. The number of benzene rings is 1. The summed E-state index contributed by atoms with van der Waals surface area (Å²) in [6.07, 6.45) is 5.91. The molecule has 0 N–H and O–H groups in total. The number of carbonyl (C=O) groups excluding carboxylic acids is 1. The predicted octanol–water partition coefficient (Wildman–Crippen LogP) is 3.14. The van der Waals surface area contributed by atoms with Crippen LogP contribution in [0.25, 0.3) is 16.6 Å². The van der Waals surface area contributed by atoms with Gasteiger partial charge in [-0.05, 0) is 43.3 Å². The van der Waals surface area contributed by atoms with E-state index < -0.39 is 0 Å². The summed E-state index contributed by atoms with van der Waals surface area (Å²) in [6, 6.07) is 8.68. The zero-order valence-electron chi connectivity index (χ0n) is 14.7. The first-order chi connectivity index (χ1) is 13.0.